The van der Waals surface area contributed by atoms with Gasteiger partial charge in [0, 0.05) is 0 Å². The van der Waals surface area contributed by atoms with Crippen molar-refractivity contribution in [1.82, 2.24) is 0 Å². The molecule has 3 heteroatoms. The molecule has 1 heterocycles. The lowest BCUT2D eigenvalue weighted by Gasteiger charge is -2.32. The van der Waals surface area contributed by atoms with Crippen molar-refractivity contribution in [3.63, 3.8) is 0 Å². The van der Waals surface area contributed by atoms with Gasteiger partial charge in [0.15, 0.2) is 0 Å². The van der Waals surface area contributed by atoms with Crippen LogP contribution < -0.4 is 5.46 Å². The number of hydrogen-bond donors (Lipinski definition) is 0. The molecule has 11 rings (SSSR count). The summed E-state index contributed by atoms with van der Waals surface area (Å²) in [6.45, 7) is 8.50. The lowest BCUT2D eigenvalue weighted by Crippen LogP contribution is -2.41. The molecule has 0 N–H and O–H groups in total. The topological polar surface area (TPSA) is 18.5 Å². The van der Waals surface area contributed by atoms with Crippen LogP contribution in [0.15, 0.2) is 140 Å². The van der Waals surface area contributed by atoms with Gasteiger partial charge in [-0.05, 0) is 143 Å². The zero-order valence-corrected chi connectivity index (χ0v) is 29.2. The van der Waals surface area contributed by atoms with Crippen LogP contribution in [0.5, 0.6) is 0 Å². The Labute approximate surface area is 297 Å². The largest absolute Gasteiger partial charge is 0.495 e. The molecule has 10 aromatic carbocycles. The first kappa shape index (κ1) is 29.3. The van der Waals surface area contributed by atoms with E-state index in [-0.39, 0.29) is 0 Å². The van der Waals surface area contributed by atoms with Crippen molar-refractivity contribution in [2.45, 2.75) is 38.9 Å². The average Bonchev–Trinajstić information content (AvgIpc) is 3.72. The first-order chi connectivity index (χ1) is 24.8. The van der Waals surface area contributed by atoms with Crippen LogP contribution in [-0.2, 0) is 9.31 Å². The molecule has 1 saturated heterocycles. The highest BCUT2D eigenvalue weighted by Crippen LogP contribution is 2.53. The van der Waals surface area contributed by atoms with Gasteiger partial charge in [-0.15, -0.1) is 0 Å². The highest BCUT2D eigenvalue weighted by Gasteiger charge is 2.52. The molecular weight excluding hydrogens is 619 g/mol. The monoisotopic (exact) mass is 654 g/mol. The van der Waals surface area contributed by atoms with Gasteiger partial charge in [0.05, 0.1) is 11.2 Å². The van der Waals surface area contributed by atoms with Crippen molar-refractivity contribution >= 4 is 88.0 Å². The van der Waals surface area contributed by atoms with Gasteiger partial charge in [-0.1, -0.05) is 127 Å². The minimum Gasteiger partial charge on any atom is -0.399 e. The van der Waals surface area contributed by atoms with Gasteiger partial charge in [0.1, 0.15) is 0 Å². The van der Waals surface area contributed by atoms with Crippen molar-refractivity contribution in [1.29, 1.82) is 0 Å². The summed E-state index contributed by atoms with van der Waals surface area (Å²) in [6, 6.07) is 51.9. The summed E-state index contributed by atoms with van der Waals surface area (Å²) >= 11 is 0. The first-order valence-corrected chi connectivity index (χ1v) is 18.0. The summed E-state index contributed by atoms with van der Waals surface area (Å²) < 4.78 is 13.2. The van der Waals surface area contributed by atoms with Crippen molar-refractivity contribution in [2.75, 3.05) is 0 Å². The summed E-state index contributed by atoms with van der Waals surface area (Å²) in [6.07, 6.45) is 0. The molecule has 51 heavy (non-hydrogen) atoms. The minimum absolute atomic E-state index is 0.411. The maximum absolute atomic E-state index is 6.60. The Kier molecular flexibility index (Phi) is 5.78. The van der Waals surface area contributed by atoms with Crippen LogP contribution in [0.2, 0.25) is 0 Å². The molecule has 0 amide bonds. The molecule has 10 aromatic rings. The van der Waals surface area contributed by atoms with Gasteiger partial charge in [-0.25, -0.2) is 0 Å². The van der Waals surface area contributed by atoms with E-state index >= 15 is 0 Å². The maximum Gasteiger partial charge on any atom is 0.495 e. The maximum atomic E-state index is 6.60. The van der Waals surface area contributed by atoms with Gasteiger partial charge < -0.3 is 9.31 Å². The number of hydrogen-bond acceptors (Lipinski definition) is 2. The Hall–Kier alpha value is -5.48. The van der Waals surface area contributed by atoms with E-state index in [4.69, 9.17) is 9.31 Å². The van der Waals surface area contributed by atoms with E-state index in [0.717, 1.165) is 5.46 Å². The predicted molar refractivity (Wildman–Crippen MR) is 218 cm³/mol. The van der Waals surface area contributed by atoms with Crippen molar-refractivity contribution in [2.24, 2.45) is 0 Å². The summed E-state index contributed by atoms with van der Waals surface area (Å²) in [5.74, 6) is 0. The zero-order chi connectivity index (χ0) is 34.2. The summed E-state index contributed by atoms with van der Waals surface area (Å²) in [7, 11) is -0.429. The second-order valence-corrected chi connectivity index (χ2v) is 15.4. The van der Waals surface area contributed by atoms with Crippen molar-refractivity contribution < 1.29 is 9.31 Å². The fourth-order valence-electron chi connectivity index (χ4n) is 9.14. The van der Waals surface area contributed by atoms with Gasteiger partial charge >= 0.3 is 7.12 Å². The second-order valence-electron chi connectivity index (χ2n) is 15.4. The molecule has 0 unspecified atom stereocenters. The van der Waals surface area contributed by atoms with Gasteiger partial charge in [-0.2, -0.15) is 0 Å². The van der Waals surface area contributed by atoms with Crippen LogP contribution in [0.1, 0.15) is 27.7 Å². The third-order valence-corrected chi connectivity index (χ3v) is 12.2. The lowest BCUT2D eigenvalue weighted by molar-refractivity contribution is 0.00578. The van der Waals surface area contributed by atoms with Crippen LogP contribution in [0.3, 0.4) is 0 Å². The van der Waals surface area contributed by atoms with E-state index in [1.54, 1.807) is 0 Å². The third-order valence-electron chi connectivity index (χ3n) is 12.2. The molecule has 0 bridgehead atoms. The highest BCUT2D eigenvalue weighted by atomic mass is 16.7. The van der Waals surface area contributed by atoms with Crippen LogP contribution in [0, 0.1) is 0 Å². The van der Waals surface area contributed by atoms with E-state index in [0.29, 0.717) is 0 Å². The van der Waals surface area contributed by atoms with E-state index in [1.807, 2.05) is 0 Å². The molecule has 2 nitrogen and oxygen atoms in total. The second kappa shape index (κ2) is 10.1. The Morgan fingerprint density at radius 1 is 0.373 bits per heavy atom. The Morgan fingerprint density at radius 2 is 0.843 bits per heavy atom. The molecule has 0 aromatic heterocycles. The van der Waals surface area contributed by atoms with Crippen LogP contribution in [0.4, 0.5) is 0 Å². The first-order valence-electron chi connectivity index (χ1n) is 18.0. The molecule has 0 radical (unpaired) electrons. The van der Waals surface area contributed by atoms with E-state index in [2.05, 4.69) is 167 Å². The predicted octanol–water partition coefficient (Wildman–Crippen LogP) is 12.3. The normalized spacial score (nSPS) is 16.0. The Bertz CT molecular complexity index is 2850. The van der Waals surface area contributed by atoms with E-state index in [9.17, 15) is 0 Å². The highest BCUT2D eigenvalue weighted by molar-refractivity contribution is 6.66. The fourth-order valence-corrected chi connectivity index (χ4v) is 9.14. The summed E-state index contributed by atoms with van der Waals surface area (Å²) in [5, 5.41) is 18.0. The summed E-state index contributed by atoms with van der Waals surface area (Å²) in [4.78, 5) is 0. The Balaban J connectivity index is 1.34. The van der Waals surface area contributed by atoms with Crippen molar-refractivity contribution in [3.05, 3.63) is 140 Å². The van der Waals surface area contributed by atoms with E-state index < -0.39 is 18.3 Å². The number of rotatable bonds is 3. The SMILES string of the molecule is CC1(C)OB(c2ccc3c4cc5c(-c6ccccc6)c6c7cccc8cccc(c6c(-c6ccccc6)c5cc4c4cccc2c43)c87)OC1(C)C. The van der Waals surface area contributed by atoms with Crippen LogP contribution in [0.25, 0.3) is 97.7 Å². The molecule has 0 aliphatic carbocycles. The molecule has 0 atom stereocenters. The minimum atomic E-state index is -0.429. The smallest absolute Gasteiger partial charge is 0.399 e. The zero-order valence-electron chi connectivity index (χ0n) is 29.2. The molecule has 1 aliphatic heterocycles. The molecule has 1 aliphatic rings. The fraction of sp³-hybridized carbons (Fsp3) is 0.125. The molecule has 1 fully saturated rings. The van der Waals surface area contributed by atoms with E-state index in [1.165, 1.54) is 97.7 Å². The van der Waals surface area contributed by atoms with Gasteiger partial charge in [0.2, 0.25) is 0 Å². The molecule has 0 saturated carbocycles. The molecular formula is C48H35BO2. The number of fused-ring (bicyclic) bond motifs is 7. The van der Waals surface area contributed by atoms with Crippen LogP contribution in [-0.4, -0.2) is 18.3 Å². The summed E-state index contributed by atoms with van der Waals surface area (Å²) in [5.41, 5.74) is 5.34. The molecule has 242 valence electrons. The lowest BCUT2D eigenvalue weighted by atomic mass is 9.75. The van der Waals surface area contributed by atoms with Gasteiger partial charge in [0.25, 0.3) is 0 Å². The van der Waals surface area contributed by atoms with Gasteiger partial charge in [-0.3, -0.25) is 0 Å². The Morgan fingerprint density at radius 3 is 1.39 bits per heavy atom. The number of benzene rings is 8. The average molecular weight is 655 g/mol. The standard InChI is InChI=1S/C48H35BO2/c1-47(2)48(3,4)51-49(50-47)40-25-24-32-37-27-39-38(26-36(37)31-20-13-21-33(40)44(31)32)42(29-14-7-5-8-15-29)45-34-22-11-18-28-19-12-23-35(41(28)34)46(45)43(39)30-16-9-6-10-17-30/h5-27H,1-4H3. The quantitative estimate of drug-likeness (QED) is 0.177. The molecule has 0 spiro atoms. The van der Waals surface area contributed by atoms with Crippen molar-refractivity contribution in [3.8, 4) is 22.3 Å². The van der Waals surface area contributed by atoms with Crippen LogP contribution >= 0.6 is 0 Å². The third kappa shape index (κ3) is 3.85.